The second-order valence-corrected chi connectivity index (χ2v) is 9.49. The molecule has 1 heterocycles. The number of nitro groups is 1. The molecule has 37 heavy (non-hydrogen) atoms. The molecule has 2 amide bonds. The van der Waals surface area contributed by atoms with E-state index in [0.717, 1.165) is 43.5 Å². The average molecular weight is 524 g/mol. The molecule has 0 atom stereocenters. The first kappa shape index (κ1) is 26.5. The Morgan fingerprint density at radius 3 is 2.24 bits per heavy atom. The van der Waals surface area contributed by atoms with Crippen molar-refractivity contribution in [2.45, 2.75) is 37.9 Å². The summed E-state index contributed by atoms with van der Waals surface area (Å²) in [7, 11) is 0. The number of anilines is 2. The van der Waals surface area contributed by atoms with E-state index < -0.39 is 22.4 Å². The Kier molecular flexibility index (Phi) is 8.03. The maximum atomic E-state index is 13.2. The number of carbonyl (C=O) groups excluding carboxylic acids is 1. The van der Waals surface area contributed by atoms with Gasteiger partial charge in [0.2, 0.25) is 0 Å². The smallest absolute Gasteiger partial charge is 0.382 e. The number of urea groups is 1. The number of nitrogens with one attached hydrogen (secondary N) is 2. The summed E-state index contributed by atoms with van der Waals surface area (Å²) >= 11 is 0. The molecular weight excluding hydrogens is 494 g/mol. The molecule has 1 aliphatic carbocycles. The maximum absolute atomic E-state index is 13.2. The fraction of sp³-hybridized carbons (Fsp3) is 0.480. The van der Waals surface area contributed by atoms with Crippen LogP contribution in [0.5, 0.6) is 0 Å². The lowest BCUT2D eigenvalue weighted by molar-refractivity contribution is -0.388. The summed E-state index contributed by atoms with van der Waals surface area (Å²) in [5, 5.41) is 17.0. The van der Waals surface area contributed by atoms with Crippen LogP contribution in [0.4, 0.5) is 39.4 Å². The summed E-state index contributed by atoms with van der Waals surface area (Å²) in [6, 6.07) is 9.11. The molecule has 2 fully saturated rings. The second kappa shape index (κ2) is 11.2. The second-order valence-electron chi connectivity index (χ2n) is 9.49. The van der Waals surface area contributed by atoms with Crippen LogP contribution in [0, 0.1) is 21.8 Å². The molecule has 200 valence electrons. The fourth-order valence-electron chi connectivity index (χ4n) is 4.92. The minimum atomic E-state index is -4.82. The molecule has 0 radical (unpaired) electrons. The lowest BCUT2D eigenvalue weighted by Gasteiger charge is -2.36. The van der Waals surface area contributed by atoms with E-state index in [2.05, 4.69) is 15.5 Å². The van der Waals surface area contributed by atoms with E-state index in [4.69, 9.17) is 0 Å². The lowest BCUT2D eigenvalue weighted by atomic mass is 9.86. The Bertz CT molecular complexity index is 1100. The zero-order chi connectivity index (χ0) is 26.6. The largest absolute Gasteiger partial charge is 0.423 e. The molecule has 8 nitrogen and oxygen atoms in total. The number of halogens is 4. The molecule has 2 aromatic carbocycles. The van der Waals surface area contributed by atoms with Gasteiger partial charge in [-0.2, -0.15) is 13.2 Å². The molecule has 2 aromatic rings. The minimum Gasteiger partial charge on any atom is -0.382 e. The average Bonchev–Trinajstić information content (AvgIpc) is 2.88. The standard InChI is InChI=1S/C25H29F4N5O3/c26-18-3-8-21(9-4-18)32-11-13-33(14-12-32)24(35)30-16-17-1-5-19(6-2-17)31-20-7-10-23(34(36)37)22(15-20)25(27,28)29/h3-4,7-10,15,17,19,31H,1-2,5-6,11-14,16H2,(H,30,35)/t17-,19-. The van der Waals surface area contributed by atoms with Crippen LogP contribution in [-0.4, -0.2) is 54.6 Å². The number of rotatable bonds is 6. The first-order valence-corrected chi connectivity index (χ1v) is 12.3. The molecule has 2 N–H and O–H groups in total. The quantitative estimate of drug-likeness (QED) is 0.307. The molecule has 0 bridgehead atoms. The molecule has 12 heteroatoms. The van der Waals surface area contributed by atoms with E-state index in [1.807, 2.05) is 0 Å². The van der Waals surface area contributed by atoms with Gasteiger partial charge in [0.15, 0.2) is 0 Å². The third-order valence-corrected chi connectivity index (χ3v) is 7.02. The van der Waals surface area contributed by atoms with E-state index >= 15 is 0 Å². The van der Waals surface area contributed by atoms with Crippen LogP contribution in [0.15, 0.2) is 42.5 Å². The van der Waals surface area contributed by atoms with Gasteiger partial charge in [0, 0.05) is 56.2 Å². The van der Waals surface area contributed by atoms with E-state index in [1.54, 1.807) is 17.0 Å². The highest BCUT2D eigenvalue weighted by Crippen LogP contribution is 2.38. The normalized spacial score (nSPS) is 20.4. The summed E-state index contributed by atoms with van der Waals surface area (Å²) in [5.41, 5.74) is -1.10. The lowest BCUT2D eigenvalue weighted by Crippen LogP contribution is -2.52. The molecule has 1 saturated carbocycles. The van der Waals surface area contributed by atoms with Crippen LogP contribution < -0.4 is 15.5 Å². The third-order valence-electron chi connectivity index (χ3n) is 7.02. The van der Waals surface area contributed by atoms with Gasteiger partial charge < -0.3 is 20.4 Å². The molecule has 0 aromatic heterocycles. The van der Waals surface area contributed by atoms with E-state index in [9.17, 15) is 32.5 Å². The Hall–Kier alpha value is -3.57. The minimum absolute atomic E-state index is 0.0472. The monoisotopic (exact) mass is 523 g/mol. The highest BCUT2D eigenvalue weighted by molar-refractivity contribution is 5.74. The van der Waals surface area contributed by atoms with Crippen LogP contribution in [0.2, 0.25) is 0 Å². The number of amides is 2. The van der Waals surface area contributed by atoms with Gasteiger partial charge in [-0.25, -0.2) is 9.18 Å². The number of nitrogens with zero attached hydrogens (tertiary/aromatic N) is 3. The number of benzene rings is 2. The van der Waals surface area contributed by atoms with Crippen molar-refractivity contribution in [2.75, 3.05) is 42.9 Å². The zero-order valence-electron chi connectivity index (χ0n) is 20.1. The predicted molar refractivity (Wildman–Crippen MR) is 131 cm³/mol. The first-order valence-electron chi connectivity index (χ1n) is 12.3. The van der Waals surface area contributed by atoms with Crippen molar-refractivity contribution in [3.63, 3.8) is 0 Å². The molecule has 4 rings (SSSR count). The molecule has 0 spiro atoms. The Balaban J connectivity index is 1.20. The van der Waals surface area contributed by atoms with Gasteiger partial charge in [-0.05, 0) is 68.0 Å². The fourth-order valence-corrected chi connectivity index (χ4v) is 4.92. The summed E-state index contributed by atoms with van der Waals surface area (Å²) < 4.78 is 52.8. The maximum Gasteiger partial charge on any atom is 0.423 e. The van der Waals surface area contributed by atoms with E-state index in [-0.39, 0.29) is 29.5 Å². The van der Waals surface area contributed by atoms with Crippen molar-refractivity contribution >= 4 is 23.1 Å². The number of carbonyl (C=O) groups is 1. The highest BCUT2D eigenvalue weighted by atomic mass is 19.4. The van der Waals surface area contributed by atoms with Crippen LogP contribution >= 0.6 is 0 Å². The van der Waals surface area contributed by atoms with Crippen LogP contribution in [0.3, 0.4) is 0 Å². The van der Waals surface area contributed by atoms with Gasteiger partial charge in [-0.15, -0.1) is 0 Å². The summed E-state index contributed by atoms with van der Waals surface area (Å²) in [6.07, 6.45) is -1.78. The summed E-state index contributed by atoms with van der Waals surface area (Å²) in [4.78, 5) is 26.4. The van der Waals surface area contributed by atoms with Gasteiger partial charge in [0.05, 0.1) is 4.92 Å². The Morgan fingerprint density at radius 1 is 1.00 bits per heavy atom. The molecule has 2 aliphatic rings. The first-order chi connectivity index (χ1) is 17.6. The summed E-state index contributed by atoms with van der Waals surface area (Å²) in [6.45, 7) is 2.98. The van der Waals surface area contributed by atoms with Crippen molar-refractivity contribution in [3.05, 3.63) is 64.0 Å². The van der Waals surface area contributed by atoms with Crippen molar-refractivity contribution < 1.29 is 27.3 Å². The van der Waals surface area contributed by atoms with E-state index in [1.165, 1.54) is 18.2 Å². The molecular formula is C25H29F4N5O3. The number of alkyl halides is 3. The Morgan fingerprint density at radius 2 is 1.65 bits per heavy atom. The van der Waals surface area contributed by atoms with Gasteiger partial charge in [0.25, 0.3) is 5.69 Å². The van der Waals surface area contributed by atoms with Crippen molar-refractivity contribution in [2.24, 2.45) is 5.92 Å². The van der Waals surface area contributed by atoms with Crippen molar-refractivity contribution in [3.8, 4) is 0 Å². The third kappa shape index (κ3) is 6.80. The van der Waals surface area contributed by atoms with Gasteiger partial charge in [-0.1, -0.05) is 0 Å². The molecule has 1 saturated heterocycles. The van der Waals surface area contributed by atoms with Gasteiger partial charge >= 0.3 is 12.2 Å². The highest BCUT2D eigenvalue weighted by Gasteiger charge is 2.38. The number of nitro benzene ring substituents is 1. The van der Waals surface area contributed by atoms with Crippen LogP contribution in [0.1, 0.15) is 31.2 Å². The SMILES string of the molecule is O=C(NC[C@H]1CC[C@H](Nc2ccc([N+](=O)[O-])c(C(F)(F)F)c2)CC1)N1CCN(c2ccc(F)cc2)CC1. The molecule has 1 aliphatic heterocycles. The number of hydrogen-bond donors (Lipinski definition) is 2. The van der Waals surface area contributed by atoms with Gasteiger partial charge in [0.1, 0.15) is 11.4 Å². The van der Waals surface area contributed by atoms with Gasteiger partial charge in [-0.3, -0.25) is 10.1 Å². The van der Waals surface area contributed by atoms with Crippen molar-refractivity contribution in [1.29, 1.82) is 0 Å². The Labute approximate surface area is 211 Å². The predicted octanol–water partition coefficient (Wildman–Crippen LogP) is 5.26. The zero-order valence-corrected chi connectivity index (χ0v) is 20.1. The van der Waals surface area contributed by atoms with Crippen molar-refractivity contribution in [1.82, 2.24) is 10.2 Å². The topological polar surface area (TPSA) is 90.7 Å². The van der Waals surface area contributed by atoms with Crippen LogP contribution in [0.25, 0.3) is 0 Å². The summed E-state index contributed by atoms with van der Waals surface area (Å²) in [5.74, 6) is -0.0152. The van der Waals surface area contributed by atoms with E-state index in [0.29, 0.717) is 32.7 Å². The number of hydrogen-bond acceptors (Lipinski definition) is 5. The van der Waals surface area contributed by atoms with Crippen LogP contribution in [-0.2, 0) is 6.18 Å². The number of piperazine rings is 1. The molecule has 0 unspecified atom stereocenters.